The van der Waals surface area contributed by atoms with Gasteiger partial charge in [0.25, 0.3) is 0 Å². The van der Waals surface area contributed by atoms with Crippen LogP contribution in [0.5, 0.6) is 0 Å². The molecule has 3 rings (SSSR count). The maximum Gasteiger partial charge on any atom is 0.321 e. The maximum atomic E-state index is 12.0. The minimum Gasteiger partial charge on any atom is -0.394 e. The molecule has 0 aliphatic carbocycles. The van der Waals surface area contributed by atoms with Crippen molar-refractivity contribution in [3.8, 4) is 0 Å². The summed E-state index contributed by atoms with van der Waals surface area (Å²) in [5.74, 6) is 0.302. The van der Waals surface area contributed by atoms with Gasteiger partial charge in [-0.05, 0) is 37.1 Å². The molecule has 0 saturated carbocycles. The van der Waals surface area contributed by atoms with Crippen molar-refractivity contribution in [3.63, 3.8) is 0 Å². The van der Waals surface area contributed by atoms with E-state index in [1.54, 1.807) is 6.07 Å². The van der Waals surface area contributed by atoms with Gasteiger partial charge in [-0.3, -0.25) is 5.32 Å². The fourth-order valence-corrected chi connectivity index (χ4v) is 4.28. The molecule has 0 spiro atoms. The smallest absolute Gasteiger partial charge is 0.321 e. The lowest BCUT2D eigenvalue weighted by Crippen LogP contribution is -2.51. The van der Waals surface area contributed by atoms with Crippen LogP contribution in [0.25, 0.3) is 0 Å². The topological polar surface area (TPSA) is 90.6 Å². The van der Waals surface area contributed by atoms with Crippen LogP contribution in [0, 0.1) is 0 Å². The van der Waals surface area contributed by atoms with Gasteiger partial charge in [-0.15, -0.1) is 11.8 Å². The minimum absolute atomic E-state index is 0.110. The minimum atomic E-state index is -0.405. The average molecular weight is 425 g/mol. The number of thioether (sulfide) groups is 1. The normalized spacial score (nSPS) is 15.8. The second-order valence-corrected chi connectivity index (χ2v) is 8.57. The zero-order valence-corrected chi connectivity index (χ0v) is 17.3. The highest BCUT2D eigenvalue weighted by Gasteiger charge is 2.27. The van der Waals surface area contributed by atoms with Crippen LogP contribution in [0.15, 0.2) is 39.8 Å². The Hall–Kier alpha value is -1.74. The molecular weight excluding hydrogens is 400 g/mol. The van der Waals surface area contributed by atoms with Gasteiger partial charge in [0, 0.05) is 40.9 Å². The van der Waals surface area contributed by atoms with Crippen molar-refractivity contribution in [1.82, 2.24) is 15.4 Å². The molecule has 9 heteroatoms. The number of aliphatic hydroxyl groups excluding tert-OH is 1. The van der Waals surface area contributed by atoms with Crippen LogP contribution in [0.1, 0.15) is 19.0 Å². The van der Waals surface area contributed by atoms with Crippen molar-refractivity contribution in [1.29, 1.82) is 0 Å². The molecule has 3 N–H and O–H groups in total. The summed E-state index contributed by atoms with van der Waals surface area (Å²) in [7, 11) is 0. The van der Waals surface area contributed by atoms with Crippen LogP contribution in [0.4, 0.5) is 10.7 Å². The largest absolute Gasteiger partial charge is 0.394 e. The van der Waals surface area contributed by atoms with E-state index in [1.807, 2.05) is 43.0 Å². The maximum absolute atomic E-state index is 12.0. The van der Waals surface area contributed by atoms with E-state index in [0.717, 1.165) is 36.8 Å². The molecule has 1 aromatic carbocycles. The first-order valence-electron chi connectivity index (χ1n) is 9.34. The summed E-state index contributed by atoms with van der Waals surface area (Å²) in [6.45, 7) is 4.66. The standard InChI is InChI=1S/C19H25ClN4O3S/c1-2-14-9-18(27-23-14)22-19(26)21-15(12-25)7-8-24-10-17(11-24)28-16-5-3-13(20)4-6-16/h3-6,9,15,17,25H,2,7-8,10-12H2,1H3,(H2,21,22,26). The van der Waals surface area contributed by atoms with E-state index in [-0.39, 0.29) is 12.6 Å². The highest BCUT2D eigenvalue weighted by Crippen LogP contribution is 2.30. The van der Waals surface area contributed by atoms with E-state index in [0.29, 0.717) is 17.6 Å². The highest BCUT2D eigenvalue weighted by molar-refractivity contribution is 8.00. The number of carbonyl (C=O) groups is 1. The number of aryl methyl sites for hydroxylation is 1. The molecule has 152 valence electrons. The first-order chi connectivity index (χ1) is 13.6. The van der Waals surface area contributed by atoms with E-state index < -0.39 is 6.03 Å². The third-order valence-electron chi connectivity index (χ3n) is 4.55. The van der Waals surface area contributed by atoms with E-state index in [2.05, 4.69) is 20.7 Å². The Balaban J connectivity index is 1.34. The van der Waals surface area contributed by atoms with Gasteiger partial charge in [-0.2, -0.15) is 0 Å². The number of amides is 2. The van der Waals surface area contributed by atoms with E-state index in [1.165, 1.54) is 4.90 Å². The van der Waals surface area contributed by atoms with Gasteiger partial charge in [0.15, 0.2) is 0 Å². The van der Waals surface area contributed by atoms with E-state index >= 15 is 0 Å². The number of carbonyl (C=O) groups excluding carboxylic acids is 1. The molecule has 2 heterocycles. The van der Waals surface area contributed by atoms with Crippen molar-refractivity contribution >= 4 is 35.3 Å². The number of urea groups is 1. The second-order valence-electron chi connectivity index (χ2n) is 6.76. The molecule has 1 unspecified atom stereocenters. The fraction of sp³-hybridized carbons (Fsp3) is 0.474. The lowest BCUT2D eigenvalue weighted by molar-refractivity contribution is 0.164. The number of nitrogens with one attached hydrogen (secondary N) is 2. The molecule has 0 bridgehead atoms. The number of likely N-dealkylation sites (tertiary alicyclic amines) is 1. The average Bonchev–Trinajstić information content (AvgIpc) is 3.11. The SMILES string of the molecule is CCc1cc(NC(=O)NC(CO)CCN2CC(Sc3ccc(Cl)cc3)C2)on1. The van der Waals surface area contributed by atoms with E-state index in [4.69, 9.17) is 16.1 Å². The Morgan fingerprint density at radius 2 is 2.18 bits per heavy atom. The zero-order chi connectivity index (χ0) is 19.9. The van der Waals surface area contributed by atoms with Gasteiger partial charge >= 0.3 is 6.03 Å². The number of rotatable bonds is 9. The highest BCUT2D eigenvalue weighted by atomic mass is 35.5. The summed E-state index contributed by atoms with van der Waals surface area (Å²) in [6.07, 6.45) is 1.41. The van der Waals surface area contributed by atoms with Crippen LogP contribution >= 0.6 is 23.4 Å². The van der Waals surface area contributed by atoms with Gasteiger partial charge in [0.05, 0.1) is 18.3 Å². The van der Waals surface area contributed by atoms with Crippen LogP contribution < -0.4 is 10.6 Å². The Kier molecular flexibility index (Phi) is 7.61. The molecule has 1 fully saturated rings. The number of halogens is 1. The summed E-state index contributed by atoms with van der Waals surface area (Å²) >= 11 is 7.76. The summed E-state index contributed by atoms with van der Waals surface area (Å²) < 4.78 is 5.03. The first-order valence-corrected chi connectivity index (χ1v) is 10.6. The molecule has 28 heavy (non-hydrogen) atoms. The lowest BCUT2D eigenvalue weighted by atomic mass is 10.1. The van der Waals surface area contributed by atoms with Crippen LogP contribution in [-0.2, 0) is 6.42 Å². The van der Waals surface area contributed by atoms with Crippen molar-refractivity contribution in [2.24, 2.45) is 0 Å². The van der Waals surface area contributed by atoms with Crippen LogP contribution in [0.3, 0.4) is 0 Å². The van der Waals surface area contributed by atoms with Crippen molar-refractivity contribution in [3.05, 3.63) is 41.0 Å². The van der Waals surface area contributed by atoms with Gasteiger partial charge in [0.2, 0.25) is 5.88 Å². The summed E-state index contributed by atoms with van der Waals surface area (Å²) in [5.41, 5.74) is 0.776. The van der Waals surface area contributed by atoms with Gasteiger partial charge in [-0.1, -0.05) is 23.7 Å². The second kappa shape index (κ2) is 10.2. The molecule has 1 saturated heterocycles. The van der Waals surface area contributed by atoms with Gasteiger partial charge in [-0.25, -0.2) is 4.79 Å². The summed E-state index contributed by atoms with van der Waals surface area (Å²) in [4.78, 5) is 15.6. The van der Waals surface area contributed by atoms with Crippen molar-refractivity contribution < 1.29 is 14.4 Å². The molecule has 1 aliphatic rings. The number of anilines is 1. The van der Waals surface area contributed by atoms with Crippen LogP contribution in [0.2, 0.25) is 5.02 Å². The van der Waals surface area contributed by atoms with E-state index in [9.17, 15) is 9.90 Å². The monoisotopic (exact) mass is 424 g/mol. The Labute approximate surface area is 173 Å². The molecular formula is C19H25ClN4O3S. The zero-order valence-electron chi connectivity index (χ0n) is 15.7. The third kappa shape index (κ3) is 6.13. The predicted molar refractivity (Wildman–Crippen MR) is 111 cm³/mol. The van der Waals surface area contributed by atoms with Crippen LogP contribution in [-0.4, -0.2) is 58.7 Å². The lowest BCUT2D eigenvalue weighted by Gasteiger charge is -2.39. The molecule has 2 aromatic rings. The molecule has 1 atom stereocenters. The third-order valence-corrected chi connectivity index (χ3v) is 5.98. The predicted octanol–water partition coefficient (Wildman–Crippen LogP) is 3.24. The molecule has 0 radical (unpaired) electrons. The molecule has 7 nitrogen and oxygen atoms in total. The van der Waals surface area contributed by atoms with Gasteiger partial charge in [0.1, 0.15) is 0 Å². The number of hydrogen-bond donors (Lipinski definition) is 3. The Morgan fingerprint density at radius 1 is 1.43 bits per heavy atom. The fourth-order valence-electron chi connectivity index (χ4n) is 2.90. The summed E-state index contributed by atoms with van der Waals surface area (Å²) in [5, 5.41) is 20.0. The number of aliphatic hydroxyl groups is 1. The van der Waals surface area contributed by atoms with Crippen molar-refractivity contribution in [2.75, 3.05) is 31.6 Å². The number of hydrogen-bond acceptors (Lipinski definition) is 6. The molecule has 2 amide bonds. The molecule has 1 aliphatic heterocycles. The summed E-state index contributed by atoms with van der Waals surface area (Å²) in [6, 6.07) is 8.87. The number of nitrogens with zero attached hydrogens (tertiary/aromatic N) is 2. The number of benzene rings is 1. The molecule has 1 aromatic heterocycles. The van der Waals surface area contributed by atoms with Crippen molar-refractivity contribution in [2.45, 2.75) is 36.0 Å². The quantitative estimate of drug-likeness (QED) is 0.572. The Morgan fingerprint density at radius 3 is 2.82 bits per heavy atom. The first kappa shape index (κ1) is 21.0. The number of aromatic nitrogens is 1. The Bertz CT molecular complexity index is 765. The van der Waals surface area contributed by atoms with Gasteiger partial charge < -0.3 is 19.8 Å².